The van der Waals surface area contributed by atoms with Gasteiger partial charge in [-0.1, -0.05) is 104 Å². The topological polar surface area (TPSA) is 35.5 Å². The lowest BCUT2D eigenvalue weighted by molar-refractivity contribution is -0.161. The highest BCUT2D eigenvalue weighted by atomic mass is 16.6. The molecular weight excluding hydrogens is 348 g/mol. The normalized spacial score (nSPS) is 12.2. The van der Waals surface area contributed by atoms with Crippen LogP contribution in [0.25, 0.3) is 0 Å². The maximum Gasteiger partial charge on any atom is 0.335 e. The third-order valence-electron chi connectivity index (χ3n) is 4.57. The van der Waals surface area contributed by atoms with Crippen LogP contribution in [0.15, 0.2) is 104 Å². The maximum atomic E-state index is 12.5. The van der Waals surface area contributed by atoms with Crippen molar-refractivity contribution in [3.05, 3.63) is 120 Å². The van der Waals surface area contributed by atoms with Gasteiger partial charge < -0.3 is 9.47 Å². The minimum atomic E-state index is -0.948. The fraction of sp³-hybridized carbons (Fsp3) is 0.160. The van der Waals surface area contributed by atoms with E-state index >= 15 is 0 Å². The number of hydrogen-bond donors (Lipinski definition) is 0. The Bertz CT molecular complexity index is 792. The van der Waals surface area contributed by atoms with Crippen LogP contribution in [0.3, 0.4) is 0 Å². The molecule has 0 spiro atoms. The largest absolute Gasteiger partial charge is 0.460 e. The van der Waals surface area contributed by atoms with E-state index in [-0.39, 0.29) is 6.61 Å². The SMILES string of the molecule is C=CCOC(=O)C(C)OC(c1ccccc1)(c1ccccc1)c1ccccc1. The first-order valence-corrected chi connectivity index (χ1v) is 9.30. The van der Waals surface area contributed by atoms with Crippen LogP contribution in [0, 0.1) is 0 Å². The summed E-state index contributed by atoms with van der Waals surface area (Å²) < 4.78 is 11.8. The molecule has 0 heterocycles. The van der Waals surface area contributed by atoms with Crippen LogP contribution in [0.4, 0.5) is 0 Å². The third kappa shape index (κ3) is 4.05. The van der Waals surface area contributed by atoms with E-state index in [1.807, 2.05) is 91.0 Å². The summed E-state index contributed by atoms with van der Waals surface area (Å²) in [5.74, 6) is -0.424. The summed E-state index contributed by atoms with van der Waals surface area (Å²) in [6.45, 7) is 5.46. The lowest BCUT2D eigenvalue weighted by atomic mass is 9.80. The Balaban J connectivity index is 2.17. The highest BCUT2D eigenvalue weighted by Gasteiger charge is 2.40. The first-order valence-electron chi connectivity index (χ1n) is 9.30. The molecule has 28 heavy (non-hydrogen) atoms. The summed E-state index contributed by atoms with van der Waals surface area (Å²) in [6.07, 6.45) is 0.768. The van der Waals surface area contributed by atoms with E-state index in [0.717, 1.165) is 16.7 Å². The van der Waals surface area contributed by atoms with Gasteiger partial charge in [-0.25, -0.2) is 4.79 Å². The molecule has 3 nitrogen and oxygen atoms in total. The van der Waals surface area contributed by atoms with E-state index < -0.39 is 17.7 Å². The fourth-order valence-electron chi connectivity index (χ4n) is 3.29. The number of esters is 1. The molecule has 3 aromatic rings. The van der Waals surface area contributed by atoms with Crippen molar-refractivity contribution in [3.63, 3.8) is 0 Å². The molecule has 0 saturated heterocycles. The van der Waals surface area contributed by atoms with Crippen LogP contribution in [-0.4, -0.2) is 18.7 Å². The van der Waals surface area contributed by atoms with E-state index in [4.69, 9.17) is 9.47 Å². The molecule has 0 bridgehead atoms. The van der Waals surface area contributed by atoms with Crippen molar-refractivity contribution in [2.75, 3.05) is 6.61 Å². The second-order valence-electron chi connectivity index (χ2n) is 6.46. The summed E-state index contributed by atoms with van der Waals surface area (Å²) in [5.41, 5.74) is 1.87. The first-order chi connectivity index (χ1) is 13.7. The van der Waals surface area contributed by atoms with Crippen LogP contribution >= 0.6 is 0 Å². The molecule has 1 atom stereocenters. The van der Waals surface area contributed by atoms with Gasteiger partial charge in [-0.05, 0) is 23.6 Å². The first kappa shape index (κ1) is 19.6. The predicted octanol–water partition coefficient (Wildman–Crippen LogP) is 5.11. The highest BCUT2D eigenvalue weighted by molar-refractivity contribution is 5.74. The number of carbonyl (C=O) groups is 1. The molecule has 0 N–H and O–H groups in total. The maximum absolute atomic E-state index is 12.5. The molecule has 3 rings (SSSR count). The average molecular weight is 372 g/mol. The van der Waals surface area contributed by atoms with Crippen molar-refractivity contribution in [1.82, 2.24) is 0 Å². The van der Waals surface area contributed by atoms with E-state index in [1.54, 1.807) is 13.0 Å². The average Bonchev–Trinajstić information content (AvgIpc) is 2.77. The minimum absolute atomic E-state index is 0.154. The van der Waals surface area contributed by atoms with Crippen molar-refractivity contribution in [3.8, 4) is 0 Å². The standard InChI is InChI=1S/C25H24O3/c1-3-19-27-24(26)20(2)28-25(21-13-7-4-8-14-21,22-15-9-5-10-16-22)23-17-11-6-12-18-23/h3-18,20H,1,19H2,2H3. The van der Waals surface area contributed by atoms with Crippen LogP contribution in [0.5, 0.6) is 0 Å². The number of hydrogen-bond acceptors (Lipinski definition) is 3. The summed E-state index contributed by atoms with van der Waals surface area (Å²) in [7, 11) is 0. The van der Waals surface area contributed by atoms with Gasteiger partial charge in [0.25, 0.3) is 0 Å². The molecule has 0 saturated carbocycles. The molecule has 0 radical (unpaired) electrons. The Morgan fingerprint density at radius 1 is 0.857 bits per heavy atom. The Hall–Kier alpha value is -3.17. The van der Waals surface area contributed by atoms with E-state index in [9.17, 15) is 4.79 Å². The molecule has 0 amide bonds. The zero-order chi connectivity index (χ0) is 19.8. The fourth-order valence-corrected chi connectivity index (χ4v) is 3.29. The molecular formula is C25H24O3. The van der Waals surface area contributed by atoms with Crippen LogP contribution in [0.1, 0.15) is 23.6 Å². The summed E-state index contributed by atoms with van der Waals surface area (Å²) in [5, 5.41) is 0. The third-order valence-corrected chi connectivity index (χ3v) is 4.57. The zero-order valence-corrected chi connectivity index (χ0v) is 16.0. The Labute approximate surface area is 166 Å². The molecule has 0 aromatic heterocycles. The quantitative estimate of drug-likeness (QED) is 0.313. The number of rotatable bonds is 8. The summed E-state index contributed by atoms with van der Waals surface area (Å²) in [4.78, 5) is 12.5. The van der Waals surface area contributed by atoms with Gasteiger partial charge in [0.15, 0.2) is 6.10 Å². The van der Waals surface area contributed by atoms with Gasteiger partial charge in [0.1, 0.15) is 12.2 Å². The van der Waals surface area contributed by atoms with E-state index in [0.29, 0.717) is 0 Å². The zero-order valence-electron chi connectivity index (χ0n) is 16.0. The van der Waals surface area contributed by atoms with Crippen LogP contribution in [-0.2, 0) is 19.9 Å². The van der Waals surface area contributed by atoms with Crippen LogP contribution in [0.2, 0.25) is 0 Å². The minimum Gasteiger partial charge on any atom is -0.460 e. The van der Waals surface area contributed by atoms with Gasteiger partial charge in [-0.3, -0.25) is 0 Å². The number of ether oxygens (including phenoxy) is 2. The van der Waals surface area contributed by atoms with Crippen molar-refractivity contribution in [1.29, 1.82) is 0 Å². The summed E-state index contributed by atoms with van der Waals surface area (Å²) in [6, 6.07) is 29.8. The lowest BCUT2D eigenvalue weighted by Crippen LogP contribution is -2.39. The smallest absolute Gasteiger partial charge is 0.335 e. The molecule has 142 valence electrons. The van der Waals surface area contributed by atoms with Gasteiger partial charge in [0.05, 0.1) is 0 Å². The molecule has 0 aliphatic rings. The van der Waals surface area contributed by atoms with Gasteiger partial charge in [-0.2, -0.15) is 0 Å². The Kier molecular flexibility index (Phi) is 6.41. The van der Waals surface area contributed by atoms with Gasteiger partial charge in [0, 0.05) is 0 Å². The molecule has 0 fully saturated rings. The van der Waals surface area contributed by atoms with E-state index in [2.05, 4.69) is 6.58 Å². The molecule has 3 aromatic carbocycles. The van der Waals surface area contributed by atoms with Crippen molar-refractivity contribution in [2.24, 2.45) is 0 Å². The Morgan fingerprint density at radius 2 is 1.25 bits per heavy atom. The van der Waals surface area contributed by atoms with Gasteiger partial charge in [-0.15, -0.1) is 0 Å². The monoisotopic (exact) mass is 372 g/mol. The van der Waals surface area contributed by atoms with Crippen LogP contribution < -0.4 is 0 Å². The van der Waals surface area contributed by atoms with Gasteiger partial charge >= 0.3 is 5.97 Å². The number of carbonyl (C=O) groups excluding carboxylic acids is 1. The predicted molar refractivity (Wildman–Crippen MR) is 111 cm³/mol. The van der Waals surface area contributed by atoms with Crippen molar-refractivity contribution in [2.45, 2.75) is 18.6 Å². The molecule has 0 aliphatic heterocycles. The second-order valence-corrected chi connectivity index (χ2v) is 6.46. The van der Waals surface area contributed by atoms with Crippen molar-refractivity contribution >= 4 is 5.97 Å². The second kappa shape index (κ2) is 9.16. The molecule has 3 heteroatoms. The molecule has 1 unspecified atom stereocenters. The van der Waals surface area contributed by atoms with Gasteiger partial charge in [0.2, 0.25) is 0 Å². The molecule has 0 aliphatic carbocycles. The van der Waals surface area contributed by atoms with E-state index in [1.165, 1.54) is 0 Å². The van der Waals surface area contributed by atoms with Crippen molar-refractivity contribution < 1.29 is 14.3 Å². The lowest BCUT2D eigenvalue weighted by Gasteiger charge is -2.37. The summed E-state index contributed by atoms with van der Waals surface area (Å²) >= 11 is 0. The highest BCUT2D eigenvalue weighted by Crippen LogP contribution is 2.41. The Morgan fingerprint density at radius 3 is 1.61 bits per heavy atom. The number of benzene rings is 3.